The largest absolute Gasteiger partial charge is 0.507 e. The van der Waals surface area contributed by atoms with Crippen molar-refractivity contribution in [1.82, 2.24) is 0 Å². The number of halogens is 2. The van der Waals surface area contributed by atoms with Gasteiger partial charge in [-0.05, 0) is 35.9 Å². The highest BCUT2D eigenvalue weighted by molar-refractivity contribution is 5.94. The van der Waals surface area contributed by atoms with E-state index in [1.165, 1.54) is 24.3 Å². The standard InChI is InChI=1S/C25H16F2O9/c26-25(27)34-12-3-1-2-10(6-12)13-8-18(31)35-17-9-16(30)20-21(32)22(33)23(36-24(20)19(13)17)11-4-5-14(28)15(29)7-11/h1-7,9,13,25,28-30,33H,8H2. The summed E-state index contributed by atoms with van der Waals surface area (Å²) in [5.41, 5.74) is -0.705. The Hall–Kier alpha value is -4.80. The average molecular weight is 498 g/mol. The second kappa shape index (κ2) is 8.45. The number of aromatic hydroxyl groups is 4. The molecule has 9 nitrogen and oxygen atoms in total. The number of rotatable bonds is 4. The summed E-state index contributed by atoms with van der Waals surface area (Å²) < 4.78 is 41.1. The van der Waals surface area contributed by atoms with Crippen LogP contribution in [0.3, 0.4) is 0 Å². The summed E-state index contributed by atoms with van der Waals surface area (Å²) in [6.07, 6.45) is -0.259. The number of phenolic OH excluding ortho intramolecular Hbond substituents is 3. The van der Waals surface area contributed by atoms with Gasteiger partial charge in [0, 0.05) is 23.1 Å². The lowest BCUT2D eigenvalue weighted by Gasteiger charge is -2.26. The lowest BCUT2D eigenvalue weighted by molar-refractivity contribution is -0.135. The van der Waals surface area contributed by atoms with E-state index in [4.69, 9.17) is 9.15 Å². The molecule has 0 aliphatic carbocycles. The highest BCUT2D eigenvalue weighted by atomic mass is 19.3. The van der Waals surface area contributed by atoms with E-state index >= 15 is 0 Å². The summed E-state index contributed by atoms with van der Waals surface area (Å²) in [7, 11) is 0. The summed E-state index contributed by atoms with van der Waals surface area (Å²) in [4.78, 5) is 25.4. The van der Waals surface area contributed by atoms with Gasteiger partial charge in [0.1, 0.15) is 28.2 Å². The molecule has 1 unspecified atom stereocenters. The predicted octanol–water partition coefficient (Wildman–Crippen LogP) is 4.32. The number of hydrogen-bond acceptors (Lipinski definition) is 9. The van der Waals surface area contributed by atoms with Crippen LogP contribution < -0.4 is 14.9 Å². The molecule has 3 aromatic carbocycles. The Morgan fingerprint density at radius 3 is 2.44 bits per heavy atom. The third kappa shape index (κ3) is 3.80. The van der Waals surface area contributed by atoms with Crippen LogP contribution in [0, 0.1) is 0 Å². The molecule has 4 N–H and O–H groups in total. The van der Waals surface area contributed by atoms with Gasteiger partial charge < -0.3 is 34.3 Å². The van der Waals surface area contributed by atoms with Gasteiger partial charge in [0.25, 0.3) is 0 Å². The van der Waals surface area contributed by atoms with Gasteiger partial charge in [-0.1, -0.05) is 12.1 Å². The number of alkyl halides is 2. The monoisotopic (exact) mass is 498 g/mol. The van der Waals surface area contributed by atoms with Crippen LogP contribution in [0.1, 0.15) is 23.5 Å². The lowest BCUT2D eigenvalue weighted by Crippen LogP contribution is -2.22. The van der Waals surface area contributed by atoms with Gasteiger partial charge >= 0.3 is 12.6 Å². The Balaban J connectivity index is 1.80. The molecule has 0 fully saturated rings. The number of phenols is 3. The molecule has 1 aromatic heterocycles. The molecule has 2 heterocycles. The molecule has 1 aliphatic heterocycles. The van der Waals surface area contributed by atoms with E-state index in [1.54, 1.807) is 6.07 Å². The first-order chi connectivity index (χ1) is 17.1. The first-order valence-electron chi connectivity index (χ1n) is 10.5. The number of esters is 1. The summed E-state index contributed by atoms with van der Waals surface area (Å²) >= 11 is 0. The van der Waals surface area contributed by atoms with E-state index in [9.17, 15) is 38.8 Å². The molecule has 1 atom stereocenters. The summed E-state index contributed by atoms with van der Waals surface area (Å²) in [5.74, 6) is -4.73. The Morgan fingerprint density at radius 1 is 0.944 bits per heavy atom. The van der Waals surface area contributed by atoms with Gasteiger partial charge in [0.15, 0.2) is 17.3 Å². The third-order valence-electron chi connectivity index (χ3n) is 5.79. The van der Waals surface area contributed by atoms with Gasteiger partial charge in [0.2, 0.25) is 11.2 Å². The lowest BCUT2D eigenvalue weighted by atomic mass is 9.85. The van der Waals surface area contributed by atoms with Gasteiger partial charge in [-0.25, -0.2) is 0 Å². The molecular formula is C25H16F2O9. The topological polar surface area (TPSA) is 147 Å². The maximum absolute atomic E-state index is 13.1. The molecule has 4 aromatic rings. The summed E-state index contributed by atoms with van der Waals surface area (Å²) in [6.45, 7) is -3.08. The second-order valence-electron chi connectivity index (χ2n) is 8.01. The molecule has 0 saturated carbocycles. The van der Waals surface area contributed by atoms with Crippen molar-refractivity contribution in [3.05, 3.63) is 69.9 Å². The van der Waals surface area contributed by atoms with Crippen molar-refractivity contribution in [2.75, 3.05) is 0 Å². The zero-order valence-corrected chi connectivity index (χ0v) is 18.1. The van der Waals surface area contributed by atoms with Crippen molar-refractivity contribution in [2.24, 2.45) is 0 Å². The van der Waals surface area contributed by atoms with E-state index in [-0.39, 0.29) is 40.4 Å². The van der Waals surface area contributed by atoms with Crippen molar-refractivity contribution < 1.29 is 47.9 Å². The van der Waals surface area contributed by atoms with Crippen LogP contribution in [0.2, 0.25) is 0 Å². The molecule has 0 bridgehead atoms. The van der Waals surface area contributed by atoms with Crippen LogP contribution in [-0.2, 0) is 4.79 Å². The minimum Gasteiger partial charge on any atom is -0.507 e. The summed E-state index contributed by atoms with van der Waals surface area (Å²) in [5, 5.41) is 40.1. The smallest absolute Gasteiger partial charge is 0.387 e. The molecular weight excluding hydrogens is 482 g/mol. The minimum atomic E-state index is -3.08. The quantitative estimate of drug-likeness (QED) is 0.183. The molecule has 0 radical (unpaired) electrons. The zero-order chi connectivity index (χ0) is 25.7. The SMILES string of the molecule is O=C1CC(c2cccc(OC(F)F)c2)c2c(cc(O)c3c(=O)c(O)c(-c4ccc(O)c(O)c4)oc23)O1. The number of benzene rings is 3. The molecule has 184 valence electrons. The Bertz CT molecular complexity index is 1590. The van der Waals surface area contributed by atoms with Crippen molar-refractivity contribution in [3.63, 3.8) is 0 Å². The van der Waals surface area contributed by atoms with Crippen LogP contribution in [0.15, 0.2) is 57.7 Å². The summed E-state index contributed by atoms with van der Waals surface area (Å²) in [6, 6.07) is 10.1. The molecule has 1 aliphatic rings. The van der Waals surface area contributed by atoms with Crippen LogP contribution in [-0.4, -0.2) is 33.0 Å². The number of fused-ring (bicyclic) bond motifs is 3. The second-order valence-corrected chi connectivity index (χ2v) is 8.01. The van der Waals surface area contributed by atoms with Gasteiger partial charge in [-0.2, -0.15) is 8.78 Å². The molecule has 0 amide bonds. The van der Waals surface area contributed by atoms with Crippen molar-refractivity contribution in [3.8, 4) is 45.8 Å². The maximum atomic E-state index is 13.1. The number of carbonyl (C=O) groups excluding carboxylic acids is 1. The molecule has 11 heteroatoms. The number of hydrogen-bond donors (Lipinski definition) is 4. The van der Waals surface area contributed by atoms with Gasteiger partial charge in [0.05, 0.1) is 6.42 Å². The van der Waals surface area contributed by atoms with Crippen LogP contribution in [0.5, 0.6) is 34.5 Å². The van der Waals surface area contributed by atoms with Gasteiger partial charge in [-0.3, -0.25) is 9.59 Å². The van der Waals surface area contributed by atoms with Crippen molar-refractivity contribution in [1.29, 1.82) is 0 Å². The first kappa shape index (κ1) is 23.0. The average Bonchev–Trinajstić information content (AvgIpc) is 2.82. The fourth-order valence-electron chi connectivity index (χ4n) is 4.23. The van der Waals surface area contributed by atoms with E-state index in [2.05, 4.69) is 4.74 Å². The minimum absolute atomic E-state index is 0.0237. The van der Waals surface area contributed by atoms with Gasteiger partial charge in [-0.15, -0.1) is 0 Å². The van der Waals surface area contributed by atoms with E-state index < -0.39 is 52.3 Å². The highest BCUT2D eigenvalue weighted by Crippen LogP contribution is 2.47. The molecule has 5 rings (SSSR count). The van der Waals surface area contributed by atoms with E-state index in [0.717, 1.165) is 18.2 Å². The first-order valence-corrected chi connectivity index (χ1v) is 10.5. The molecule has 0 spiro atoms. The Labute approximate surface area is 200 Å². The van der Waals surface area contributed by atoms with Crippen LogP contribution in [0.25, 0.3) is 22.3 Å². The molecule has 0 saturated heterocycles. The Morgan fingerprint density at radius 2 is 1.72 bits per heavy atom. The predicted molar refractivity (Wildman–Crippen MR) is 120 cm³/mol. The number of ether oxygens (including phenoxy) is 2. The van der Waals surface area contributed by atoms with E-state index in [0.29, 0.717) is 5.56 Å². The van der Waals surface area contributed by atoms with Crippen LogP contribution >= 0.6 is 0 Å². The van der Waals surface area contributed by atoms with Crippen molar-refractivity contribution in [2.45, 2.75) is 19.0 Å². The number of carbonyl (C=O) groups is 1. The molecule has 36 heavy (non-hydrogen) atoms. The normalized spacial score (nSPS) is 15.1. The Kier molecular flexibility index (Phi) is 5.39. The third-order valence-corrected chi connectivity index (χ3v) is 5.79. The fourth-order valence-corrected chi connectivity index (χ4v) is 4.23. The highest BCUT2D eigenvalue weighted by Gasteiger charge is 2.34. The van der Waals surface area contributed by atoms with Crippen molar-refractivity contribution >= 4 is 16.9 Å². The zero-order valence-electron chi connectivity index (χ0n) is 18.1. The maximum Gasteiger partial charge on any atom is 0.387 e. The fraction of sp³-hybridized carbons (Fsp3) is 0.120. The van der Waals surface area contributed by atoms with E-state index in [1.807, 2.05) is 0 Å². The van der Waals surface area contributed by atoms with Crippen LogP contribution in [0.4, 0.5) is 8.78 Å².